The molecule has 0 saturated carbocycles. The van der Waals surface area contributed by atoms with E-state index in [0.717, 1.165) is 22.4 Å². The van der Waals surface area contributed by atoms with E-state index in [0.29, 0.717) is 6.61 Å². The lowest BCUT2D eigenvalue weighted by atomic mass is 10.1. The third-order valence-corrected chi connectivity index (χ3v) is 2.25. The summed E-state index contributed by atoms with van der Waals surface area (Å²) in [5, 5.41) is 0. The molecule has 0 aliphatic rings. The van der Waals surface area contributed by atoms with Gasteiger partial charge in [-0.15, -0.1) is 0 Å². The highest BCUT2D eigenvalue weighted by Crippen LogP contribution is 2.23. The van der Waals surface area contributed by atoms with Crippen molar-refractivity contribution in [2.75, 3.05) is 13.7 Å². The second kappa shape index (κ2) is 5.95. The Kier molecular flexibility index (Phi) is 4.59. The van der Waals surface area contributed by atoms with Crippen LogP contribution in [0.25, 0.3) is 0 Å². The highest BCUT2D eigenvalue weighted by molar-refractivity contribution is 5.89. The van der Waals surface area contributed by atoms with E-state index in [9.17, 15) is 4.79 Å². The van der Waals surface area contributed by atoms with Gasteiger partial charge >= 0.3 is 5.97 Å². The van der Waals surface area contributed by atoms with Gasteiger partial charge in [0.05, 0.1) is 13.7 Å². The SMILES string of the molecule is CCOC(=O)C#Cc1cc(C)c(OC)c(C)c1. The molecule has 0 spiro atoms. The van der Waals surface area contributed by atoms with E-state index in [4.69, 9.17) is 9.47 Å². The molecule has 0 atom stereocenters. The zero-order valence-electron chi connectivity index (χ0n) is 10.6. The summed E-state index contributed by atoms with van der Waals surface area (Å²) >= 11 is 0. The van der Waals surface area contributed by atoms with E-state index in [1.165, 1.54) is 0 Å². The summed E-state index contributed by atoms with van der Waals surface area (Å²) in [6, 6.07) is 3.77. The molecule has 0 bridgehead atoms. The van der Waals surface area contributed by atoms with E-state index in [2.05, 4.69) is 11.8 Å². The van der Waals surface area contributed by atoms with Gasteiger partial charge in [-0.2, -0.15) is 0 Å². The maximum absolute atomic E-state index is 11.1. The summed E-state index contributed by atoms with van der Waals surface area (Å²) in [7, 11) is 1.64. The molecule has 0 radical (unpaired) electrons. The highest BCUT2D eigenvalue weighted by atomic mass is 16.5. The Hall–Kier alpha value is -1.95. The smallest absolute Gasteiger partial charge is 0.384 e. The van der Waals surface area contributed by atoms with Gasteiger partial charge in [-0.1, -0.05) is 5.92 Å². The van der Waals surface area contributed by atoms with Crippen LogP contribution in [0.5, 0.6) is 5.75 Å². The molecule has 0 heterocycles. The predicted octanol–water partition coefficient (Wildman–Crippen LogP) is 2.23. The van der Waals surface area contributed by atoms with Crippen LogP contribution < -0.4 is 4.74 Å². The number of ether oxygens (including phenoxy) is 2. The fourth-order valence-corrected chi connectivity index (χ4v) is 1.63. The minimum atomic E-state index is -0.501. The molecule has 0 fully saturated rings. The number of benzene rings is 1. The molecular weight excluding hydrogens is 216 g/mol. The van der Waals surface area contributed by atoms with E-state index >= 15 is 0 Å². The van der Waals surface area contributed by atoms with Crippen LogP contribution >= 0.6 is 0 Å². The van der Waals surface area contributed by atoms with Gasteiger partial charge in [-0.05, 0) is 44.0 Å². The van der Waals surface area contributed by atoms with Gasteiger partial charge in [0.2, 0.25) is 0 Å². The average molecular weight is 232 g/mol. The summed E-state index contributed by atoms with van der Waals surface area (Å²) in [5.41, 5.74) is 2.79. The van der Waals surface area contributed by atoms with Gasteiger partial charge in [0.15, 0.2) is 0 Å². The number of carbonyl (C=O) groups is 1. The number of hydrogen-bond donors (Lipinski definition) is 0. The van der Waals surface area contributed by atoms with Crippen LogP contribution in [0.3, 0.4) is 0 Å². The normalized spacial score (nSPS) is 9.18. The molecule has 17 heavy (non-hydrogen) atoms. The number of aryl methyl sites for hydroxylation is 2. The third-order valence-electron chi connectivity index (χ3n) is 2.25. The molecule has 3 heteroatoms. The molecule has 1 rings (SSSR count). The quantitative estimate of drug-likeness (QED) is 0.579. The van der Waals surface area contributed by atoms with Gasteiger partial charge in [0, 0.05) is 11.5 Å². The van der Waals surface area contributed by atoms with Crippen molar-refractivity contribution in [3.8, 4) is 17.6 Å². The van der Waals surface area contributed by atoms with Crippen LogP contribution in [0.15, 0.2) is 12.1 Å². The van der Waals surface area contributed by atoms with Crippen molar-refractivity contribution < 1.29 is 14.3 Å². The molecule has 0 aliphatic carbocycles. The standard InChI is InChI=1S/C14H16O3/c1-5-17-13(15)7-6-12-8-10(2)14(16-4)11(3)9-12/h8-9H,5H2,1-4H3. The molecule has 90 valence electrons. The summed E-state index contributed by atoms with van der Waals surface area (Å²) < 4.78 is 9.99. The Labute approximate surface area is 102 Å². The lowest BCUT2D eigenvalue weighted by Gasteiger charge is -2.08. The van der Waals surface area contributed by atoms with Crippen molar-refractivity contribution in [1.29, 1.82) is 0 Å². The van der Waals surface area contributed by atoms with Gasteiger partial charge < -0.3 is 9.47 Å². The second-order valence-corrected chi connectivity index (χ2v) is 3.61. The molecule has 1 aromatic carbocycles. The minimum absolute atomic E-state index is 0.341. The Morgan fingerprint density at radius 2 is 1.88 bits per heavy atom. The van der Waals surface area contributed by atoms with Crippen molar-refractivity contribution in [2.24, 2.45) is 0 Å². The Morgan fingerprint density at radius 1 is 1.29 bits per heavy atom. The van der Waals surface area contributed by atoms with Crippen LogP contribution in [0.2, 0.25) is 0 Å². The van der Waals surface area contributed by atoms with Crippen molar-refractivity contribution in [3.05, 3.63) is 28.8 Å². The van der Waals surface area contributed by atoms with Crippen LogP contribution in [-0.4, -0.2) is 19.7 Å². The Bertz CT molecular complexity index is 455. The summed E-state index contributed by atoms with van der Waals surface area (Å²) in [5.74, 6) is 5.57. The molecule has 0 aromatic heterocycles. The molecule has 0 aliphatic heterocycles. The summed E-state index contributed by atoms with van der Waals surface area (Å²) in [6.07, 6.45) is 0. The Morgan fingerprint density at radius 3 is 2.35 bits per heavy atom. The van der Waals surface area contributed by atoms with Crippen molar-refractivity contribution in [1.82, 2.24) is 0 Å². The van der Waals surface area contributed by atoms with Crippen LogP contribution in [0.4, 0.5) is 0 Å². The number of methoxy groups -OCH3 is 1. The van der Waals surface area contributed by atoms with Crippen molar-refractivity contribution in [3.63, 3.8) is 0 Å². The fourth-order valence-electron chi connectivity index (χ4n) is 1.63. The fraction of sp³-hybridized carbons (Fsp3) is 0.357. The maximum atomic E-state index is 11.1. The first kappa shape index (κ1) is 13.1. The second-order valence-electron chi connectivity index (χ2n) is 3.61. The first-order valence-electron chi connectivity index (χ1n) is 5.42. The topological polar surface area (TPSA) is 35.5 Å². The van der Waals surface area contributed by atoms with E-state index in [1.54, 1.807) is 14.0 Å². The lowest BCUT2D eigenvalue weighted by molar-refractivity contribution is -0.136. The number of carbonyl (C=O) groups excluding carboxylic acids is 1. The van der Waals surface area contributed by atoms with E-state index in [-0.39, 0.29) is 0 Å². The molecule has 3 nitrogen and oxygen atoms in total. The number of rotatable bonds is 2. The van der Waals surface area contributed by atoms with Gasteiger partial charge in [-0.3, -0.25) is 0 Å². The summed E-state index contributed by atoms with van der Waals surface area (Å²) in [4.78, 5) is 11.1. The largest absolute Gasteiger partial charge is 0.496 e. The highest BCUT2D eigenvalue weighted by Gasteiger charge is 2.03. The molecule has 0 amide bonds. The van der Waals surface area contributed by atoms with Gasteiger partial charge in [0.1, 0.15) is 5.75 Å². The summed E-state index contributed by atoms with van der Waals surface area (Å²) in [6.45, 7) is 5.98. The third kappa shape index (κ3) is 3.53. The van der Waals surface area contributed by atoms with Crippen LogP contribution in [-0.2, 0) is 9.53 Å². The zero-order valence-corrected chi connectivity index (χ0v) is 10.6. The molecule has 0 saturated heterocycles. The Balaban J connectivity index is 2.97. The van der Waals surface area contributed by atoms with E-state index in [1.807, 2.05) is 26.0 Å². The molecular formula is C14H16O3. The maximum Gasteiger partial charge on any atom is 0.384 e. The number of hydrogen-bond acceptors (Lipinski definition) is 3. The number of esters is 1. The predicted molar refractivity (Wildman–Crippen MR) is 66.0 cm³/mol. The first-order valence-corrected chi connectivity index (χ1v) is 5.42. The lowest BCUT2D eigenvalue weighted by Crippen LogP contribution is -1.99. The minimum Gasteiger partial charge on any atom is -0.496 e. The monoisotopic (exact) mass is 232 g/mol. The zero-order chi connectivity index (χ0) is 12.8. The molecule has 0 N–H and O–H groups in total. The van der Waals surface area contributed by atoms with Crippen molar-refractivity contribution >= 4 is 5.97 Å². The molecule has 1 aromatic rings. The molecule has 0 unspecified atom stereocenters. The van der Waals surface area contributed by atoms with Gasteiger partial charge in [0.25, 0.3) is 0 Å². The van der Waals surface area contributed by atoms with Crippen molar-refractivity contribution in [2.45, 2.75) is 20.8 Å². The van der Waals surface area contributed by atoms with Crippen LogP contribution in [0, 0.1) is 25.7 Å². The average Bonchev–Trinajstić information content (AvgIpc) is 2.26. The first-order chi connectivity index (χ1) is 8.08. The van der Waals surface area contributed by atoms with E-state index < -0.39 is 5.97 Å². The van der Waals surface area contributed by atoms with Gasteiger partial charge in [-0.25, -0.2) is 4.79 Å². The van der Waals surface area contributed by atoms with Crippen LogP contribution in [0.1, 0.15) is 23.6 Å².